The fourth-order valence-corrected chi connectivity index (χ4v) is 1.79. The molecule has 5 nitrogen and oxygen atoms in total. The molecule has 0 saturated heterocycles. The van der Waals surface area contributed by atoms with Gasteiger partial charge in [0.1, 0.15) is 0 Å². The summed E-state index contributed by atoms with van der Waals surface area (Å²) in [5, 5.41) is 7.33. The average Bonchev–Trinajstić information content (AvgIpc) is 2.38. The number of pyridine rings is 1. The highest BCUT2D eigenvalue weighted by atomic mass is 16.1. The van der Waals surface area contributed by atoms with Gasteiger partial charge in [0.2, 0.25) is 0 Å². The Balaban J connectivity index is 2.03. The van der Waals surface area contributed by atoms with E-state index in [2.05, 4.69) is 15.4 Å². The van der Waals surface area contributed by atoms with E-state index in [1.54, 1.807) is 24.7 Å². The maximum Gasteiger partial charge on any atom is 0.268 e. The zero-order valence-electron chi connectivity index (χ0n) is 11.2. The zero-order chi connectivity index (χ0) is 13.7. The molecule has 5 heteroatoms. The van der Waals surface area contributed by atoms with E-state index in [1.165, 1.54) is 4.68 Å². The Morgan fingerprint density at radius 3 is 2.84 bits per heavy atom. The predicted octanol–water partition coefficient (Wildman–Crippen LogP) is 1.70. The first-order valence-electron chi connectivity index (χ1n) is 6.38. The second kappa shape index (κ2) is 6.13. The van der Waals surface area contributed by atoms with Crippen LogP contribution in [0.3, 0.4) is 0 Å². The summed E-state index contributed by atoms with van der Waals surface area (Å²) in [6, 6.07) is 5.75. The van der Waals surface area contributed by atoms with Gasteiger partial charge >= 0.3 is 0 Å². The molecular formula is C14H18N4O. The van der Waals surface area contributed by atoms with Crippen LogP contribution in [0.1, 0.15) is 19.4 Å². The van der Waals surface area contributed by atoms with E-state index in [0.717, 1.165) is 17.7 Å². The van der Waals surface area contributed by atoms with Crippen molar-refractivity contribution >= 4 is 5.69 Å². The number of hydrogen-bond acceptors (Lipinski definition) is 4. The summed E-state index contributed by atoms with van der Waals surface area (Å²) in [6.45, 7) is 4.61. The van der Waals surface area contributed by atoms with E-state index >= 15 is 0 Å². The molecule has 0 atom stereocenters. The van der Waals surface area contributed by atoms with E-state index in [1.807, 2.05) is 26.0 Å². The van der Waals surface area contributed by atoms with Crippen molar-refractivity contribution in [3.8, 4) is 0 Å². The molecule has 0 fully saturated rings. The highest BCUT2D eigenvalue weighted by Gasteiger charge is 2.02. The van der Waals surface area contributed by atoms with E-state index in [0.29, 0.717) is 6.54 Å². The Morgan fingerprint density at radius 2 is 2.21 bits per heavy atom. The van der Waals surface area contributed by atoms with Crippen LogP contribution in [0.15, 0.2) is 41.6 Å². The highest BCUT2D eigenvalue weighted by Crippen LogP contribution is 2.03. The number of rotatable bonds is 5. The minimum atomic E-state index is -0.0884. The molecule has 0 bridgehead atoms. The van der Waals surface area contributed by atoms with Crippen molar-refractivity contribution in [1.82, 2.24) is 14.8 Å². The third kappa shape index (κ3) is 3.91. The maximum absolute atomic E-state index is 11.9. The van der Waals surface area contributed by atoms with Crippen molar-refractivity contribution in [1.29, 1.82) is 0 Å². The van der Waals surface area contributed by atoms with Gasteiger partial charge in [-0.25, -0.2) is 4.68 Å². The number of nitrogens with zero attached hydrogens (tertiary/aromatic N) is 3. The van der Waals surface area contributed by atoms with Crippen molar-refractivity contribution in [3.05, 3.63) is 52.7 Å². The van der Waals surface area contributed by atoms with Crippen molar-refractivity contribution in [2.75, 3.05) is 5.32 Å². The summed E-state index contributed by atoms with van der Waals surface area (Å²) in [5.41, 5.74) is 1.77. The van der Waals surface area contributed by atoms with Crippen LogP contribution in [0.5, 0.6) is 0 Å². The molecule has 0 unspecified atom stereocenters. The first kappa shape index (κ1) is 13.3. The predicted molar refractivity (Wildman–Crippen MR) is 75.2 cm³/mol. The van der Waals surface area contributed by atoms with Gasteiger partial charge in [0.05, 0.1) is 11.9 Å². The second-order valence-electron chi connectivity index (χ2n) is 4.72. The van der Waals surface area contributed by atoms with Crippen LogP contribution in [0.2, 0.25) is 0 Å². The van der Waals surface area contributed by atoms with E-state index in [4.69, 9.17) is 0 Å². The van der Waals surface area contributed by atoms with Crippen molar-refractivity contribution < 1.29 is 0 Å². The molecule has 0 aliphatic carbocycles. The third-order valence-corrected chi connectivity index (χ3v) is 2.66. The quantitative estimate of drug-likeness (QED) is 0.886. The molecule has 0 aliphatic heterocycles. The van der Waals surface area contributed by atoms with Crippen LogP contribution < -0.4 is 10.9 Å². The number of nitrogens with one attached hydrogen (secondary N) is 1. The summed E-state index contributed by atoms with van der Waals surface area (Å²) in [5.74, 6) is 0. The lowest BCUT2D eigenvalue weighted by Gasteiger charge is -2.10. The Kier molecular flexibility index (Phi) is 4.28. The largest absolute Gasteiger partial charge is 0.381 e. The third-order valence-electron chi connectivity index (χ3n) is 2.66. The van der Waals surface area contributed by atoms with Gasteiger partial charge in [0, 0.05) is 31.0 Å². The van der Waals surface area contributed by atoms with Crippen LogP contribution in [0.25, 0.3) is 0 Å². The lowest BCUT2D eigenvalue weighted by atomic mass is 10.2. The summed E-state index contributed by atoms with van der Waals surface area (Å²) >= 11 is 0. The topological polar surface area (TPSA) is 59.8 Å². The Labute approximate surface area is 112 Å². The highest BCUT2D eigenvalue weighted by molar-refractivity contribution is 5.39. The van der Waals surface area contributed by atoms with E-state index < -0.39 is 0 Å². The Hall–Kier alpha value is -2.17. The van der Waals surface area contributed by atoms with Gasteiger partial charge in [-0.15, -0.1) is 0 Å². The Morgan fingerprint density at radius 1 is 1.37 bits per heavy atom. The lowest BCUT2D eigenvalue weighted by molar-refractivity contribution is 0.577. The second-order valence-corrected chi connectivity index (χ2v) is 4.72. The Bertz CT molecular complexity index is 577. The van der Waals surface area contributed by atoms with Gasteiger partial charge in [-0.1, -0.05) is 6.07 Å². The molecule has 2 heterocycles. The molecule has 0 amide bonds. The normalized spacial score (nSPS) is 10.7. The van der Waals surface area contributed by atoms with Crippen LogP contribution >= 0.6 is 0 Å². The van der Waals surface area contributed by atoms with Gasteiger partial charge in [-0.05, 0) is 31.9 Å². The fraction of sp³-hybridized carbons (Fsp3) is 0.357. The van der Waals surface area contributed by atoms with Gasteiger partial charge in [0.15, 0.2) is 0 Å². The van der Waals surface area contributed by atoms with Gasteiger partial charge in [0.25, 0.3) is 5.56 Å². The van der Waals surface area contributed by atoms with Gasteiger partial charge in [-0.2, -0.15) is 5.10 Å². The molecular weight excluding hydrogens is 240 g/mol. The number of hydrogen-bond donors (Lipinski definition) is 1. The molecule has 100 valence electrons. The number of aromatic nitrogens is 3. The minimum Gasteiger partial charge on any atom is -0.381 e. The standard InChI is InChI=1S/C14H18N4O/c1-11(2)17-13-8-14(19)18(16-10-13)7-5-12-4-3-6-15-9-12/h3-4,6,8-11,17H,5,7H2,1-2H3. The minimum absolute atomic E-state index is 0.0884. The number of anilines is 1. The van der Waals surface area contributed by atoms with Crippen molar-refractivity contribution in [2.24, 2.45) is 0 Å². The molecule has 2 aromatic heterocycles. The summed E-state index contributed by atoms with van der Waals surface area (Å²) < 4.78 is 1.47. The molecule has 0 spiro atoms. The fourth-order valence-electron chi connectivity index (χ4n) is 1.79. The zero-order valence-corrected chi connectivity index (χ0v) is 11.2. The summed E-state index contributed by atoms with van der Waals surface area (Å²) in [7, 11) is 0. The first-order chi connectivity index (χ1) is 9.15. The molecule has 2 rings (SSSR count). The molecule has 1 N–H and O–H groups in total. The first-order valence-corrected chi connectivity index (χ1v) is 6.38. The van der Waals surface area contributed by atoms with Crippen molar-refractivity contribution in [3.63, 3.8) is 0 Å². The molecule has 0 saturated carbocycles. The summed E-state index contributed by atoms with van der Waals surface area (Å²) in [4.78, 5) is 15.9. The van der Waals surface area contributed by atoms with Gasteiger partial charge < -0.3 is 5.32 Å². The van der Waals surface area contributed by atoms with Crippen molar-refractivity contribution in [2.45, 2.75) is 32.9 Å². The maximum atomic E-state index is 11.9. The van der Waals surface area contributed by atoms with E-state index in [9.17, 15) is 4.79 Å². The van der Waals surface area contributed by atoms with Gasteiger partial charge in [-0.3, -0.25) is 9.78 Å². The molecule has 0 aromatic carbocycles. The van der Waals surface area contributed by atoms with Crippen LogP contribution in [0.4, 0.5) is 5.69 Å². The van der Waals surface area contributed by atoms with Crippen LogP contribution in [-0.4, -0.2) is 20.8 Å². The smallest absolute Gasteiger partial charge is 0.268 e. The lowest BCUT2D eigenvalue weighted by Crippen LogP contribution is -2.24. The van der Waals surface area contributed by atoms with Crippen LogP contribution in [0, 0.1) is 0 Å². The van der Waals surface area contributed by atoms with E-state index in [-0.39, 0.29) is 11.6 Å². The average molecular weight is 258 g/mol. The monoisotopic (exact) mass is 258 g/mol. The number of aryl methyl sites for hydroxylation is 2. The summed E-state index contributed by atoms with van der Waals surface area (Å²) in [6.07, 6.45) is 5.97. The molecule has 2 aromatic rings. The molecule has 19 heavy (non-hydrogen) atoms. The molecule has 0 aliphatic rings. The molecule has 0 radical (unpaired) electrons. The SMILES string of the molecule is CC(C)Nc1cnn(CCc2cccnc2)c(=O)c1. The van der Waals surface area contributed by atoms with Crippen LogP contribution in [-0.2, 0) is 13.0 Å².